The zero-order valence-electron chi connectivity index (χ0n) is 11.9. The molecule has 0 unspecified atom stereocenters. The summed E-state index contributed by atoms with van der Waals surface area (Å²) in [5.74, 6) is -0.0139. The van der Waals surface area contributed by atoms with Crippen LogP contribution in [-0.4, -0.2) is 38.6 Å². The van der Waals surface area contributed by atoms with Gasteiger partial charge in [-0.3, -0.25) is 9.59 Å². The first kappa shape index (κ1) is 14.5. The van der Waals surface area contributed by atoms with Crippen molar-refractivity contribution in [2.45, 2.75) is 19.8 Å². The molecular weight excluding hydrogens is 256 g/mol. The van der Waals surface area contributed by atoms with Gasteiger partial charge in [0.25, 0.3) is 5.91 Å². The lowest BCUT2D eigenvalue weighted by Crippen LogP contribution is -2.28. The van der Waals surface area contributed by atoms with Crippen LogP contribution < -0.4 is 10.2 Å². The Balaban J connectivity index is 2.15. The van der Waals surface area contributed by atoms with Gasteiger partial charge >= 0.3 is 0 Å². The quantitative estimate of drug-likeness (QED) is 0.829. The highest BCUT2D eigenvalue weighted by Gasteiger charge is 2.23. The number of anilines is 1. The van der Waals surface area contributed by atoms with Gasteiger partial charge in [-0.15, -0.1) is 0 Å². The monoisotopic (exact) mass is 276 g/mol. The Hall–Kier alpha value is -1.88. The second-order valence-electron chi connectivity index (χ2n) is 4.90. The molecule has 0 aromatic heterocycles. The van der Waals surface area contributed by atoms with E-state index in [2.05, 4.69) is 5.32 Å². The van der Waals surface area contributed by atoms with Crippen molar-refractivity contribution >= 4 is 17.5 Å². The van der Waals surface area contributed by atoms with Gasteiger partial charge in [-0.05, 0) is 31.0 Å². The van der Waals surface area contributed by atoms with E-state index in [1.54, 1.807) is 24.1 Å². The Kier molecular flexibility index (Phi) is 4.74. The molecule has 5 nitrogen and oxygen atoms in total. The van der Waals surface area contributed by atoms with E-state index in [9.17, 15) is 9.59 Å². The number of nitrogens with one attached hydrogen (secondary N) is 1. The number of amides is 2. The lowest BCUT2D eigenvalue weighted by Gasteiger charge is -2.19. The maximum absolute atomic E-state index is 12.0. The van der Waals surface area contributed by atoms with Crippen LogP contribution in [-0.2, 0) is 9.53 Å². The second-order valence-corrected chi connectivity index (χ2v) is 4.90. The zero-order valence-corrected chi connectivity index (χ0v) is 11.9. The third-order valence-electron chi connectivity index (χ3n) is 3.43. The van der Waals surface area contributed by atoms with Crippen molar-refractivity contribution in [1.29, 1.82) is 0 Å². The average Bonchev–Trinajstić information content (AvgIpc) is 2.85. The number of hydrogen-bond donors (Lipinski definition) is 1. The summed E-state index contributed by atoms with van der Waals surface area (Å²) >= 11 is 0. The van der Waals surface area contributed by atoms with Gasteiger partial charge in [0.05, 0.1) is 6.61 Å². The summed E-state index contributed by atoms with van der Waals surface area (Å²) < 4.78 is 4.90. The molecule has 1 fully saturated rings. The van der Waals surface area contributed by atoms with Crippen molar-refractivity contribution in [3.05, 3.63) is 29.3 Å². The fourth-order valence-electron chi connectivity index (χ4n) is 2.31. The number of carbonyl (C=O) groups excluding carboxylic acids is 2. The van der Waals surface area contributed by atoms with Crippen LogP contribution in [0.3, 0.4) is 0 Å². The summed E-state index contributed by atoms with van der Waals surface area (Å²) in [5.41, 5.74) is 2.42. The fraction of sp³-hybridized carbons (Fsp3) is 0.467. The molecule has 0 saturated carbocycles. The summed E-state index contributed by atoms with van der Waals surface area (Å²) in [6.07, 6.45) is 1.46. The first-order valence-electron chi connectivity index (χ1n) is 6.81. The lowest BCUT2D eigenvalue weighted by molar-refractivity contribution is -0.117. The minimum absolute atomic E-state index is 0.130. The molecular formula is C15H20N2O3. The Morgan fingerprint density at radius 3 is 2.90 bits per heavy atom. The summed E-state index contributed by atoms with van der Waals surface area (Å²) in [4.78, 5) is 25.6. The summed E-state index contributed by atoms with van der Waals surface area (Å²) in [7, 11) is 1.59. The Morgan fingerprint density at radius 2 is 2.25 bits per heavy atom. The van der Waals surface area contributed by atoms with Crippen molar-refractivity contribution in [2.75, 3.05) is 31.7 Å². The van der Waals surface area contributed by atoms with Gasteiger partial charge in [0, 0.05) is 37.9 Å². The summed E-state index contributed by atoms with van der Waals surface area (Å²) in [6.45, 7) is 3.64. The number of benzene rings is 1. The highest BCUT2D eigenvalue weighted by Crippen LogP contribution is 2.26. The third kappa shape index (κ3) is 3.17. The molecule has 0 aliphatic carbocycles. The van der Waals surface area contributed by atoms with Gasteiger partial charge in [0.2, 0.25) is 5.91 Å². The molecule has 0 bridgehead atoms. The third-order valence-corrected chi connectivity index (χ3v) is 3.43. The van der Waals surface area contributed by atoms with Crippen LogP contribution >= 0.6 is 0 Å². The smallest absolute Gasteiger partial charge is 0.251 e. The molecule has 1 aliphatic rings. The van der Waals surface area contributed by atoms with Gasteiger partial charge in [-0.2, -0.15) is 0 Å². The first-order valence-corrected chi connectivity index (χ1v) is 6.81. The number of hydrogen-bond acceptors (Lipinski definition) is 3. The predicted molar refractivity (Wildman–Crippen MR) is 77.0 cm³/mol. The van der Waals surface area contributed by atoms with Crippen molar-refractivity contribution in [3.8, 4) is 0 Å². The standard InChI is InChI=1S/C15H20N2O3/c1-11-5-6-12(15(19)16-7-9-20-2)10-13(11)17-8-3-4-14(17)18/h5-6,10H,3-4,7-9H2,1-2H3,(H,16,19). The van der Waals surface area contributed by atoms with E-state index in [-0.39, 0.29) is 11.8 Å². The summed E-state index contributed by atoms with van der Waals surface area (Å²) in [6, 6.07) is 5.45. The van der Waals surface area contributed by atoms with Crippen LogP contribution in [0.15, 0.2) is 18.2 Å². The van der Waals surface area contributed by atoms with Crippen LogP contribution in [0.4, 0.5) is 5.69 Å². The SMILES string of the molecule is COCCNC(=O)c1ccc(C)c(N2CCCC2=O)c1. The number of aryl methyl sites for hydroxylation is 1. The molecule has 0 atom stereocenters. The Labute approximate surface area is 118 Å². The van der Waals surface area contributed by atoms with E-state index in [1.165, 1.54) is 0 Å². The number of methoxy groups -OCH3 is 1. The van der Waals surface area contributed by atoms with Gasteiger partial charge in [-0.1, -0.05) is 6.07 Å². The maximum atomic E-state index is 12.0. The highest BCUT2D eigenvalue weighted by atomic mass is 16.5. The maximum Gasteiger partial charge on any atom is 0.251 e. The van der Waals surface area contributed by atoms with E-state index >= 15 is 0 Å². The van der Waals surface area contributed by atoms with E-state index in [4.69, 9.17) is 4.74 Å². The van der Waals surface area contributed by atoms with Crippen molar-refractivity contribution in [2.24, 2.45) is 0 Å². The molecule has 20 heavy (non-hydrogen) atoms. The van der Waals surface area contributed by atoms with Crippen LogP contribution in [0.1, 0.15) is 28.8 Å². The lowest BCUT2D eigenvalue weighted by atomic mass is 10.1. The van der Waals surface area contributed by atoms with E-state index in [1.807, 2.05) is 13.0 Å². The molecule has 1 aliphatic heterocycles. The normalized spacial score (nSPS) is 14.7. The summed E-state index contributed by atoms with van der Waals surface area (Å²) in [5, 5.41) is 2.78. The Morgan fingerprint density at radius 1 is 1.45 bits per heavy atom. The minimum Gasteiger partial charge on any atom is -0.383 e. The fourth-order valence-corrected chi connectivity index (χ4v) is 2.31. The molecule has 0 spiro atoms. The van der Waals surface area contributed by atoms with Crippen LogP contribution in [0.5, 0.6) is 0 Å². The van der Waals surface area contributed by atoms with Gasteiger partial charge < -0.3 is 15.0 Å². The molecule has 1 N–H and O–H groups in total. The molecule has 1 heterocycles. The van der Waals surface area contributed by atoms with E-state index in [0.29, 0.717) is 25.1 Å². The van der Waals surface area contributed by atoms with E-state index < -0.39 is 0 Å². The van der Waals surface area contributed by atoms with Crippen LogP contribution in [0.25, 0.3) is 0 Å². The molecule has 2 amide bonds. The van der Waals surface area contributed by atoms with Crippen LogP contribution in [0.2, 0.25) is 0 Å². The zero-order chi connectivity index (χ0) is 14.5. The van der Waals surface area contributed by atoms with Crippen molar-refractivity contribution < 1.29 is 14.3 Å². The molecule has 108 valence electrons. The minimum atomic E-state index is -0.144. The molecule has 5 heteroatoms. The second kappa shape index (κ2) is 6.52. The molecule has 1 aromatic carbocycles. The molecule has 1 saturated heterocycles. The van der Waals surface area contributed by atoms with Crippen LogP contribution in [0, 0.1) is 6.92 Å². The Bertz CT molecular complexity index is 514. The molecule has 1 aromatic rings. The molecule has 2 rings (SSSR count). The number of rotatable bonds is 5. The first-order chi connectivity index (χ1) is 9.63. The topological polar surface area (TPSA) is 58.6 Å². The van der Waals surface area contributed by atoms with Gasteiger partial charge in [0.1, 0.15) is 0 Å². The van der Waals surface area contributed by atoms with E-state index in [0.717, 1.165) is 24.2 Å². The predicted octanol–water partition coefficient (Wildman–Crippen LogP) is 1.50. The highest BCUT2D eigenvalue weighted by molar-refractivity contribution is 5.99. The van der Waals surface area contributed by atoms with Gasteiger partial charge in [0.15, 0.2) is 0 Å². The average molecular weight is 276 g/mol. The molecule has 0 radical (unpaired) electrons. The van der Waals surface area contributed by atoms with Crippen molar-refractivity contribution in [3.63, 3.8) is 0 Å². The number of carbonyl (C=O) groups is 2. The number of nitrogens with zero attached hydrogens (tertiary/aromatic N) is 1. The van der Waals surface area contributed by atoms with Crippen molar-refractivity contribution in [1.82, 2.24) is 5.32 Å². The number of ether oxygens (including phenoxy) is 1. The van der Waals surface area contributed by atoms with Gasteiger partial charge in [-0.25, -0.2) is 0 Å². The largest absolute Gasteiger partial charge is 0.383 e.